The van der Waals surface area contributed by atoms with Gasteiger partial charge in [-0.2, -0.15) is 0 Å². The second kappa shape index (κ2) is 5.29. The Kier molecular flexibility index (Phi) is 4.30. The Balaban J connectivity index is 2.50. The van der Waals surface area contributed by atoms with E-state index in [-0.39, 0.29) is 5.54 Å². The zero-order chi connectivity index (χ0) is 11.3. The molecule has 0 aliphatic carbocycles. The summed E-state index contributed by atoms with van der Waals surface area (Å²) in [6, 6.07) is 8.54. The lowest BCUT2D eigenvalue weighted by molar-refractivity contribution is 0.466. The molecule has 2 heteroatoms. The number of aryl methyl sites for hydroxylation is 1. The monoisotopic (exact) mass is 206 g/mol. The minimum absolute atomic E-state index is 0.138. The highest BCUT2D eigenvalue weighted by Crippen LogP contribution is 2.09. The molecule has 1 aromatic carbocycles. The van der Waals surface area contributed by atoms with Crippen LogP contribution in [0.5, 0.6) is 0 Å². The fourth-order valence-corrected chi connectivity index (χ4v) is 1.59. The molecule has 0 heterocycles. The highest BCUT2D eigenvalue weighted by Gasteiger charge is 2.09. The summed E-state index contributed by atoms with van der Waals surface area (Å²) < 4.78 is 0. The van der Waals surface area contributed by atoms with Crippen molar-refractivity contribution in [3.63, 3.8) is 0 Å². The molecule has 3 N–H and O–H groups in total. The molecule has 15 heavy (non-hydrogen) atoms. The van der Waals surface area contributed by atoms with Crippen molar-refractivity contribution in [2.24, 2.45) is 5.73 Å². The first kappa shape index (κ1) is 12.2. The highest BCUT2D eigenvalue weighted by atomic mass is 14.9. The van der Waals surface area contributed by atoms with Crippen molar-refractivity contribution in [3.8, 4) is 0 Å². The Hall–Kier alpha value is -0.860. The predicted octanol–water partition coefficient (Wildman–Crippen LogP) is 2.08. The molecule has 0 unspecified atom stereocenters. The Bertz CT molecular complexity index is 300. The lowest BCUT2D eigenvalue weighted by Crippen LogP contribution is -2.42. The summed E-state index contributed by atoms with van der Waals surface area (Å²) in [6.07, 6.45) is 1.09. The van der Waals surface area contributed by atoms with Crippen LogP contribution in [-0.4, -0.2) is 12.1 Å². The fraction of sp³-hybridized carbons (Fsp3) is 0.538. The van der Waals surface area contributed by atoms with Crippen molar-refractivity contribution in [2.75, 3.05) is 6.54 Å². The molecular formula is C13H22N2. The third-order valence-electron chi connectivity index (χ3n) is 2.40. The van der Waals surface area contributed by atoms with E-state index in [2.05, 4.69) is 36.5 Å². The first-order chi connectivity index (χ1) is 7.03. The van der Waals surface area contributed by atoms with Gasteiger partial charge >= 0.3 is 0 Å². The van der Waals surface area contributed by atoms with Gasteiger partial charge in [0.15, 0.2) is 0 Å². The summed E-state index contributed by atoms with van der Waals surface area (Å²) in [5.74, 6) is 0. The van der Waals surface area contributed by atoms with Gasteiger partial charge in [0.25, 0.3) is 0 Å². The molecule has 0 aliphatic heterocycles. The first-order valence-corrected chi connectivity index (χ1v) is 5.59. The van der Waals surface area contributed by atoms with E-state index in [1.54, 1.807) is 0 Å². The first-order valence-electron chi connectivity index (χ1n) is 5.59. The van der Waals surface area contributed by atoms with Gasteiger partial charge < -0.3 is 11.1 Å². The Morgan fingerprint density at radius 2 is 1.80 bits per heavy atom. The maximum atomic E-state index is 5.91. The molecule has 1 aromatic rings. The van der Waals surface area contributed by atoms with Crippen molar-refractivity contribution in [1.82, 2.24) is 5.32 Å². The van der Waals surface area contributed by atoms with Gasteiger partial charge in [-0.15, -0.1) is 0 Å². The normalized spacial score (nSPS) is 11.7. The molecule has 0 fully saturated rings. The molecule has 0 spiro atoms. The van der Waals surface area contributed by atoms with Crippen LogP contribution in [0.2, 0.25) is 0 Å². The third kappa shape index (κ3) is 4.45. The van der Waals surface area contributed by atoms with Gasteiger partial charge in [0.2, 0.25) is 0 Å². The zero-order valence-electron chi connectivity index (χ0n) is 10.0. The second-order valence-corrected chi connectivity index (χ2v) is 4.71. The number of nitrogens with two attached hydrogens (primary N) is 1. The highest BCUT2D eigenvalue weighted by molar-refractivity contribution is 5.26. The van der Waals surface area contributed by atoms with Gasteiger partial charge in [-0.1, -0.05) is 31.2 Å². The van der Waals surface area contributed by atoms with Gasteiger partial charge in [-0.25, -0.2) is 0 Å². The lowest BCUT2D eigenvalue weighted by Gasteiger charge is -2.19. The summed E-state index contributed by atoms with van der Waals surface area (Å²) in [4.78, 5) is 0. The molecule has 2 nitrogen and oxygen atoms in total. The molecule has 0 bridgehead atoms. The fourth-order valence-electron chi connectivity index (χ4n) is 1.59. The molecule has 0 aliphatic rings. The number of hydrogen-bond acceptors (Lipinski definition) is 2. The smallest absolute Gasteiger partial charge is 0.0223 e. The van der Waals surface area contributed by atoms with E-state index in [1.165, 1.54) is 11.1 Å². The van der Waals surface area contributed by atoms with Gasteiger partial charge in [0, 0.05) is 18.6 Å². The van der Waals surface area contributed by atoms with E-state index in [0.29, 0.717) is 0 Å². The van der Waals surface area contributed by atoms with Crippen LogP contribution in [0, 0.1) is 0 Å². The van der Waals surface area contributed by atoms with E-state index >= 15 is 0 Å². The Labute approximate surface area is 92.9 Å². The molecule has 84 valence electrons. The minimum atomic E-state index is -0.138. The molecular weight excluding hydrogens is 184 g/mol. The van der Waals surface area contributed by atoms with Crippen molar-refractivity contribution >= 4 is 0 Å². The maximum absolute atomic E-state index is 5.91. The largest absolute Gasteiger partial charge is 0.324 e. The molecule has 0 aromatic heterocycles. The van der Waals surface area contributed by atoms with Gasteiger partial charge in [0.1, 0.15) is 0 Å². The third-order valence-corrected chi connectivity index (χ3v) is 2.40. The van der Waals surface area contributed by atoms with Crippen LogP contribution in [0.15, 0.2) is 24.3 Å². The minimum Gasteiger partial charge on any atom is -0.324 e. The van der Waals surface area contributed by atoms with Crippen LogP contribution >= 0.6 is 0 Å². The number of rotatable bonds is 5. The van der Waals surface area contributed by atoms with E-state index in [9.17, 15) is 0 Å². The van der Waals surface area contributed by atoms with Crippen molar-refractivity contribution < 1.29 is 0 Å². The zero-order valence-corrected chi connectivity index (χ0v) is 10.0. The predicted molar refractivity (Wildman–Crippen MR) is 65.8 cm³/mol. The average molecular weight is 206 g/mol. The van der Waals surface area contributed by atoms with Gasteiger partial charge in [-0.3, -0.25) is 0 Å². The molecule has 0 amide bonds. The number of benzene rings is 1. The van der Waals surface area contributed by atoms with Crippen molar-refractivity contribution in [3.05, 3.63) is 35.4 Å². The van der Waals surface area contributed by atoms with E-state index in [0.717, 1.165) is 19.5 Å². The summed E-state index contributed by atoms with van der Waals surface area (Å²) in [7, 11) is 0. The number of hydrogen-bond donors (Lipinski definition) is 2. The van der Waals surface area contributed by atoms with Crippen LogP contribution in [0.4, 0.5) is 0 Å². The quantitative estimate of drug-likeness (QED) is 0.774. The van der Waals surface area contributed by atoms with E-state index in [4.69, 9.17) is 5.73 Å². The molecule has 0 radical (unpaired) electrons. The maximum Gasteiger partial charge on any atom is 0.0223 e. The summed E-state index contributed by atoms with van der Waals surface area (Å²) >= 11 is 0. The topological polar surface area (TPSA) is 38.0 Å². The van der Waals surface area contributed by atoms with Crippen LogP contribution in [0.1, 0.15) is 31.9 Å². The summed E-state index contributed by atoms with van der Waals surface area (Å²) in [5.41, 5.74) is 8.57. The number of nitrogens with one attached hydrogen (secondary N) is 1. The second-order valence-electron chi connectivity index (χ2n) is 4.71. The molecule has 0 saturated heterocycles. The van der Waals surface area contributed by atoms with Gasteiger partial charge in [0.05, 0.1) is 0 Å². The summed E-state index contributed by atoms with van der Waals surface area (Å²) in [5, 5.41) is 3.39. The molecule has 0 atom stereocenters. The van der Waals surface area contributed by atoms with Crippen molar-refractivity contribution in [2.45, 2.75) is 39.3 Å². The van der Waals surface area contributed by atoms with E-state index < -0.39 is 0 Å². The lowest BCUT2D eigenvalue weighted by atomic mass is 10.0. The van der Waals surface area contributed by atoms with Crippen LogP contribution in [-0.2, 0) is 13.0 Å². The van der Waals surface area contributed by atoms with Crippen LogP contribution < -0.4 is 11.1 Å². The van der Waals surface area contributed by atoms with Crippen molar-refractivity contribution in [1.29, 1.82) is 0 Å². The average Bonchev–Trinajstić information content (AvgIpc) is 2.16. The molecule has 0 saturated carbocycles. The van der Waals surface area contributed by atoms with Crippen LogP contribution in [0.3, 0.4) is 0 Å². The SMILES string of the molecule is CCc1ccccc1CNCC(C)(C)N. The standard InChI is InChI=1S/C13H22N2/c1-4-11-7-5-6-8-12(11)9-15-10-13(2,3)14/h5-8,15H,4,9-10,14H2,1-3H3. The Morgan fingerprint density at radius 1 is 1.20 bits per heavy atom. The van der Waals surface area contributed by atoms with Gasteiger partial charge in [-0.05, 0) is 31.4 Å². The Morgan fingerprint density at radius 3 is 2.33 bits per heavy atom. The van der Waals surface area contributed by atoms with Crippen LogP contribution in [0.25, 0.3) is 0 Å². The summed E-state index contributed by atoms with van der Waals surface area (Å²) in [6.45, 7) is 8.00. The molecule has 1 rings (SSSR count). The van der Waals surface area contributed by atoms with E-state index in [1.807, 2.05) is 13.8 Å².